The van der Waals surface area contributed by atoms with Crippen molar-refractivity contribution in [2.24, 2.45) is 5.41 Å². The first-order valence-electron chi connectivity index (χ1n) is 8.69. The number of amides is 1. The van der Waals surface area contributed by atoms with E-state index in [4.69, 9.17) is 4.74 Å². The number of nitrogens with zero attached hydrogens (tertiary/aromatic N) is 1. The molecule has 0 bridgehead atoms. The van der Waals surface area contributed by atoms with Crippen molar-refractivity contribution >= 4 is 17.2 Å². The van der Waals surface area contributed by atoms with Crippen molar-refractivity contribution in [2.45, 2.75) is 26.2 Å². The van der Waals surface area contributed by atoms with Crippen LogP contribution in [-0.4, -0.2) is 37.1 Å². The van der Waals surface area contributed by atoms with E-state index in [1.165, 1.54) is 11.3 Å². The van der Waals surface area contributed by atoms with Crippen molar-refractivity contribution in [1.82, 2.24) is 4.90 Å². The molecule has 2 saturated heterocycles. The average molecular weight is 341 g/mol. The van der Waals surface area contributed by atoms with Crippen LogP contribution in [0.1, 0.15) is 34.5 Å². The molecule has 3 nitrogen and oxygen atoms in total. The van der Waals surface area contributed by atoms with Gasteiger partial charge in [0.1, 0.15) is 0 Å². The van der Waals surface area contributed by atoms with Gasteiger partial charge in [-0.05, 0) is 31.7 Å². The maximum Gasteiger partial charge on any atom is 0.255 e. The van der Waals surface area contributed by atoms with E-state index in [1.807, 2.05) is 23.6 Å². The summed E-state index contributed by atoms with van der Waals surface area (Å²) in [6.45, 7) is 5.46. The minimum Gasteiger partial charge on any atom is -0.381 e. The molecule has 1 aromatic carbocycles. The van der Waals surface area contributed by atoms with Crippen LogP contribution >= 0.6 is 11.3 Å². The van der Waals surface area contributed by atoms with Crippen LogP contribution in [0.15, 0.2) is 35.7 Å². The zero-order valence-corrected chi connectivity index (χ0v) is 14.9. The van der Waals surface area contributed by atoms with Crippen LogP contribution in [-0.2, 0) is 4.74 Å². The molecule has 0 saturated carbocycles. The largest absolute Gasteiger partial charge is 0.381 e. The molecular formula is C20H23NO2S. The van der Waals surface area contributed by atoms with Gasteiger partial charge in [0.2, 0.25) is 0 Å². The summed E-state index contributed by atoms with van der Waals surface area (Å²) in [6, 6.07) is 10.3. The van der Waals surface area contributed by atoms with E-state index < -0.39 is 0 Å². The van der Waals surface area contributed by atoms with Crippen LogP contribution in [0.4, 0.5) is 0 Å². The SMILES string of the molecule is Cc1scc(C(=O)N2CCC[C@@]3(CCOC3)C2)c1-c1ccccc1. The van der Waals surface area contributed by atoms with Crippen LogP contribution in [0, 0.1) is 12.3 Å². The van der Waals surface area contributed by atoms with E-state index in [0.29, 0.717) is 0 Å². The topological polar surface area (TPSA) is 29.5 Å². The lowest BCUT2D eigenvalue weighted by Crippen LogP contribution is -2.46. The summed E-state index contributed by atoms with van der Waals surface area (Å²) in [5.41, 5.74) is 3.30. The van der Waals surface area contributed by atoms with Gasteiger partial charge in [-0.15, -0.1) is 11.3 Å². The second kappa shape index (κ2) is 6.34. The molecule has 0 N–H and O–H groups in total. The summed E-state index contributed by atoms with van der Waals surface area (Å²) in [5.74, 6) is 0.184. The second-order valence-corrected chi connectivity index (χ2v) is 8.16. The van der Waals surface area contributed by atoms with E-state index in [2.05, 4.69) is 24.0 Å². The summed E-state index contributed by atoms with van der Waals surface area (Å²) in [5, 5.41) is 2.03. The number of piperidine rings is 1. The molecule has 126 valence electrons. The Hall–Kier alpha value is -1.65. The molecule has 0 radical (unpaired) electrons. The van der Waals surface area contributed by atoms with E-state index in [-0.39, 0.29) is 11.3 Å². The Balaban J connectivity index is 1.63. The second-order valence-electron chi connectivity index (χ2n) is 7.08. The van der Waals surface area contributed by atoms with Crippen LogP contribution in [0.2, 0.25) is 0 Å². The first kappa shape index (κ1) is 15.9. The summed E-state index contributed by atoms with van der Waals surface area (Å²) in [7, 11) is 0. The van der Waals surface area contributed by atoms with Crippen LogP contribution in [0.5, 0.6) is 0 Å². The third-order valence-electron chi connectivity index (χ3n) is 5.40. The van der Waals surface area contributed by atoms with Crippen molar-refractivity contribution in [1.29, 1.82) is 0 Å². The number of likely N-dealkylation sites (tertiary alicyclic amines) is 1. The van der Waals surface area contributed by atoms with Gasteiger partial charge < -0.3 is 9.64 Å². The van der Waals surface area contributed by atoms with Gasteiger partial charge >= 0.3 is 0 Å². The summed E-state index contributed by atoms with van der Waals surface area (Å²) >= 11 is 1.67. The highest BCUT2D eigenvalue weighted by Crippen LogP contribution is 2.39. The monoisotopic (exact) mass is 341 g/mol. The van der Waals surface area contributed by atoms with Gasteiger partial charge in [0.15, 0.2) is 0 Å². The fourth-order valence-corrected chi connectivity index (χ4v) is 4.96. The molecule has 2 aliphatic rings. The van der Waals surface area contributed by atoms with Crippen LogP contribution < -0.4 is 0 Å². The van der Waals surface area contributed by atoms with E-state index >= 15 is 0 Å². The predicted molar refractivity (Wildman–Crippen MR) is 97.5 cm³/mol. The number of carbonyl (C=O) groups is 1. The molecule has 4 rings (SSSR count). The lowest BCUT2D eigenvalue weighted by atomic mass is 9.79. The van der Waals surface area contributed by atoms with Gasteiger partial charge in [-0.25, -0.2) is 0 Å². The minimum absolute atomic E-state index is 0.184. The van der Waals surface area contributed by atoms with Gasteiger partial charge in [-0.3, -0.25) is 4.79 Å². The van der Waals surface area contributed by atoms with Crippen molar-refractivity contribution in [2.75, 3.05) is 26.3 Å². The minimum atomic E-state index is 0.184. The number of ether oxygens (including phenoxy) is 1. The molecule has 1 aromatic heterocycles. The Morgan fingerprint density at radius 2 is 2.08 bits per heavy atom. The Bertz CT molecular complexity index is 731. The number of hydrogen-bond donors (Lipinski definition) is 0. The maximum absolute atomic E-state index is 13.2. The van der Waals surface area contributed by atoms with Crippen molar-refractivity contribution in [3.63, 3.8) is 0 Å². The first-order chi connectivity index (χ1) is 11.7. The van der Waals surface area contributed by atoms with Crippen LogP contribution in [0.3, 0.4) is 0 Å². The normalized spacial score (nSPS) is 23.8. The Kier molecular flexibility index (Phi) is 4.19. The highest BCUT2D eigenvalue weighted by atomic mass is 32.1. The summed E-state index contributed by atoms with van der Waals surface area (Å²) in [6.07, 6.45) is 3.36. The molecule has 1 spiro atoms. The summed E-state index contributed by atoms with van der Waals surface area (Å²) < 4.78 is 5.63. The van der Waals surface area contributed by atoms with Crippen LogP contribution in [0.25, 0.3) is 11.1 Å². The molecule has 3 heterocycles. The van der Waals surface area contributed by atoms with Gasteiger partial charge in [-0.1, -0.05) is 30.3 Å². The highest BCUT2D eigenvalue weighted by molar-refractivity contribution is 7.10. The van der Waals surface area contributed by atoms with Crippen molar-refractivity contribution in [3.05, 3.63) is 46.2 Å². The molecule has 4 heteroatoms. The number of benzene rings is 1. The standard InChI is InChI=1S/C20H23NO2S/c1-15-18(16-6-3-2-4-7-16)17(12-24-15)19(22)21-10-5-8-20(13-21)9-11-23-14-20/h2-4,6-7,12H,5,8-11,13-14H2,1H3/t20-/m1/s1. The molecule has 2 aliphatic heterocycles. The van der Waals surface area contributed by atoms with Crippen molar-refractivity contribution < 1.29 is 9.53 Å². The molecule has 2 aromatic rings. The molecular weight excluding hydrogens is 318 g/mol. The third kappa shape index (κ3) is 2.78. The number of hydrogen-bond acceptors (Lipinski definition) is 3. The lowest BCUT2D eigenvalue weighted by Gasteiger charge is -2.39. The van der Waals surface area contributed by atoms with E-state index in [1.54, 1.807) is 11.3 Å². The Morgan fingerprint density at radius 3 is 2.83 bits per heavy atom. The smallest absolute Gasteiger partial charge is 0.255 e. The van der Waals surface area contributed by atoms with Crippen molar-refractivity contribution in [3.8, 4) is 11.1 Å². The number of rotatable bonds is 2. The number of thiophene rings is 1. The molecule has 0 unspecified atom stereocenters. The maximum atomic E-state index is 13.2. The number of carbonyl (C=O) groups excluding carboxylic acids is 1. The first-order valence-corrected chi connectivity index (χ1v) is 9.57. The predicted octanol–water partition coefficient (Wildman–Crippen LogP) is 4.37. The summed E-state index contributed by atoms with van der Waals surface area (Å²) in [4.78, 5) is 16.5. The fourth-order valence-electron chi connectivity index (χ4n) is 4.10. The Morgan fingerprint density at radius 1 is 1.25 bits per heavy atom. The molecule has 1 amide bonds. The Labute approximate surface area is 147 Å². The van der Waals surface area contributed by atoms with Gasteiger partial charge in [0, 0.05) is 40.9 Å². The van der Waals surface area contributed by atoms with E-state index in [0.717, 1.165) is 55.8 Å². The van der Waals surface area contributed by atoms with Gasteiger partial charge in [0.25, 0.3) is 5.91 Å². The third-order valence-corrected chi connectivity index (χ3v) is 6.31. The molecule has 2 fully saturated rings. The lowest BCUT2D eigenvalue weighted by molar-refractivity contribution is 0.0463. The fraction of sp³-hybridized carbons (Fsp3) is 0.450. The van der Waals surface area contributed by atoms with Gasteiger partial charge in [-0.2, -0.15) is 0 Å². The zero-order chi connectivity index (χ0) is 16.6. The highest BCUT2D eigenvalue weighted by Gasteiger charge is 2.40. The average Bonchev–Trinajstić information content (AvgIpc) is 3.22. The van der Waals surface area contributed by atoms with E-state index in [9.17, 15) is 4.79 Å². The molecule has 1 atom stereocenters. The quantitative estimate of drug-likeness (QED) is 0.812. The zero-order valence-electron chi connectivity index (χ0n) is 14.1. The van der Waals surface area contributed by atoms with Gasteiger partial charge in [0.05, 0.1) is 12.2 Å². The molecule has 0 aliphatic carbocycles. The molecule has 24 heavy (non-hydrogen) atoms. The number of aryl methyl sites for hydroxylation is 1.